The van der Waals surface area contributed by atoms with Crippen LogP contribution in [0.1, 0.15) is 12.8 Å². The standard InChI is InChI=1S/C7H12N2O3/c1-12-7-3-2-4-8-6(7)5-9(10)11/h5,7-8H,2-4H2,1H3/b6-5-. The summed E-state index contributed by atoms with van der Waals surface area (Å²) >= 11 is 0. The maximum absolute atomic E-state index is 10.2. The third-order valence-electron chi connectivity index (χ3n) is 1.85. The number of ether oxygens (including phenoxy) is 1. The van der Waals surface area contributed by atoms with Crippen molar-refractivity contribution in [2.24, 2.45) is 0 Å². The molecule has 1 aliphatic heterocycles. The van der Waals surface area contributed by atoms with Gasteiger partial charge in [0.05, 0.1) is 4.92 Å². The average Bonchev–Trinajstić information content (AvgIpc) is 2.04. The molecule has 0 aromatic rings. The molecule has 0 aromatic carbocycles. The van der Waals surface area contributed by atoms with Crippen molar-refractivity contribution in [1.82, 2.24) is 5.32 Å². The minimum Gasteiger partial charge on any atom is -0.381 e. The predicted molar refractivity (Wildman–Crippen MR) is 43.1 cm³/mol. The van der Waals surface area contributed by atoms with Gasteiger partial charge in [0.1, 0.15) is 11.8 Å². The summed E-state index contributed by atoms with van der Waals surface area (Å²) in [6.45, 7) is 0.791. The van der Waals surface area contributed by atoms with Gasteiger partial charge in [-0.15, -0.1) is 0 Å². The summed E-state index contributed by atoms with van der Waals surface area (Å²) in [5.41, 5.74) is 0.578. The fourth-order valence-electron chi connectivity index (χ4n) is 1.28. The largest absolute Gasteiger partial charge is 0.381 e. The first-order valence-corrected chi connectivity index (χ1v) is 3.86. The first-order valence-electron chi connectivity index (χ1n) is 3.86. The van der Waals surface area contributed by atoms with E-state index >= 15 is 0 Å². The topological polar surface area (TPSA) is 64.4 Å². The van der Waals surface area contributed by atoms with Crippen LogP contribution in [-0.2, 0) is 4.74 Å². The van der Waals surface area contributed by atoms with Gasteiger partial charge in [0.15, 0.2) is 0 Å². The monoisotopic (exact) mass is 172 g/mol. The second kappa shape index (κ2) is 4.06. The van der Waals surface area contributed by atoms with E-state index in [1.54, 1.807) is 7.11 Å². The number of nitro groups is 1. The predicted octanol–water partition coefficient (Wildman–Crippen LogP) is 0.503. The number of methoxy groups -OCH3 is 1. The quantitative estimate of drug-likeness (QED) is 0.486. The van der Waals surface area contributed by atoms with E-state index in [1.165, 1.54) is 0 Å². The van der Waals surface area contributed by atoms with Gasteiger partial charge in [-0.05, 0) is 12.8 Å². The molecule has 1 aliphatic rings. The molecule has 0 aliphatic carbocycles. The number of nitrogens with one attached hydrogen (secondary N) is 1. The highest BCUT2D eigenvalue weighted by molar-refractivity contribution is 5.05. The van der Waals surface area contributed by atoms with Crippen LogP contribution in [0.5, 0.6) is 0 Å². The van der Waals surface area contributed by atoms with E-state index in [0.29, 0.717) is 5.70 Å². The second-order valence-corrected chi connectivity index (χ2v) is 2.66. The number of rotatable bonds is 2. The Labute approximate surface area is 70.5 Å². The van der Waals surface area contributed by atoms with E-state index in [9.17, 15) is 10.1 Å². The van der Waals surface area contributed by atoms with Gasteiger partial charge in [0, 0.05) is 13.7 Å². The molecule has 1 rings (SSSR count). The molecule has 0 bridgehead atoms. The smallest absolute Gasteiger partial charge is 0.255 e. The van der Waals surface area contributed by atoms with Crippen molar-refractivity contribution < 1.29 is 9.66 Å². The molecule has 0 saturated carbocycles. The van der Waals surface area contributed by atoms with Crippen LogP contribution in [0.4, 0.5) is 0 Å². The van der Waals surface area contributed by atoms with Gasteiger partial charge in [-0.25, -0.2) is 0 Å². The summed E-state index contributed by atoms with van der Waals surface area (Å²) in [5.74, 6) is 0. The Hall–Kier alpha value is -1.10. The molecule has 5 nitrogen and oxygen atoms in total. The summed E-state index contributed by atoms with van der Waals surface area (Å²) in [6.07, 6.45) is 2.69. The third kappa shape index (κ3) is 2.20. The second-order valence-electron chi connectivity index (χ2n) is 2.66. The van der Waals surface area contributed by atoms with Crippen molar-refractivity contribution in [3.8, 4) is 0 Å². The molecule has 0 radical (unpaired) electrons. The van der Waals surface area contributed by atoms with E-state index in [0.717, 1.165) is 25.6 Å². The fourth-order valence-corrected chi connectivity index (χ4v) is 1.28. The van der Waals surface area contributed by atoms with Gasteiger partial charge in [0.25, 0.3) is 6.20 Å². The molecule has 5 heteroatoms. The Morgan fingerprint density at radius 3 is 3.17 bits per heavy atom. The Morgan fingerprint density at radius 2 is 2.58 bits per heavy atom. The molecular formula is C7H12N2O3. The lowest BCUT2D eigenvalue weighted by Gasteiger charge is -2.23. The maximum atomic E-state index is 10.2. The van der Waals surface area contributed by atoms with Crippen LogP contribution in [-0.4, -0.2) is 24.7 Å². The van der Waals surface area contributed by atoms with E-state index in [-0.39, 0.29) is 6.10 Å². The Bertz CT molecular complexity index is 203. The Morgan fingerprint density at radius 1 is 1.83 bits per heavy atom. The van der Waals surface area contributed by atoms with Gasteiger partial charge in [-0.2, -0.15) is 0 Å². The van der Waals surface area contributed by atoms with Crippen LogP contribution in [0.3, 0.4) is 0 Å². The molecule has 1 fully saturated rings. The van der Waals surface area contributed by atoms with Gasteiger partial charge >= 0.3 is 0 Å². The van der Waals surface area contributed by atoms with E-state index < -0.39 is 4.92 Å². The van der Waals surface area contributed by atoms with Crippen LogP contribution in [0.2, 0.25) is 0 Å². The molecular weight excluding hydrogens is 160 g/mol. The first-order chi connectivity index (χ1) is 5.74. The highest BCUT2D eigenvalue weighted by Gasteiger charge is 2.20. The summed E-state index contributed by atoms with van der Waals surface area (Å²) in [5, 5.41) is 13.1. The van der Waals surface area contributed by atoms with Crippen LogP contribution in [0.15, 0.2) is 11.9 Å². The van der Waals surface area contributed by atoms with Crippen molar-refractivity contribution in [3.63, 3.8) is 0 Å². The zero-order chi connectivity index (χ0) is 8.97. The van der Waals surface area contributed by atoms with Crippen molar-refractivity contribution >= 4 is 0 Å². The lowest BCUT2D eigenvalue weighted by atomic mass is 10.1. The molecule has 0 aromatic heterocycles. The number of hydrogen-bond acceptors (Lipinski definition) is 4. The van der Waals surface area contributed by atoms with Crippen LogP contribution in [0, 0.1) is 10.1 Å². The summed E-state index contributed by atoms with van der Waals surface area (Å²) < 4.78 is 5.07. The minimum atomic E-state index is -0.459. The number of piperidine rings is 1. The molecule has 68 valence electrons. The fraction of sp³-hybridized carbons (Fsp3) is 0.714. The summed E-state index contributed by atoms with van der Waals surface area (Å²) in [7, 11) is 1.56. The van der Waals surface area contributed by atoms with Crippen molar-refractivity contribution in [2.75, 3.05) is 13.7 Å². The molecule has 1 N–H and O–H groups in total. The Balaban J connectivity index is 2.64. The van der Waals surface area contributed by atoms with Crippen LogP contribution < -0.4 is 5.32 Å². The van der Waals surface area contributed by atoms with E-state index in [1.807, 2.05) is 0 Å². The van der Waals surface area contributed by atoms with E-state index in [4.69, 9.17) is 4.74 Å². The number of nitrogens with zero attached hydrogens (tertiary/aromatic N) is 1. The van der Waals surface area contributed by atoms with Crippen molar-refractivity contribution in [3.05, 3.63) is 22.0 Å². The third-order valence-corrected chi connectivity index (χ3v) is 1.85. The zero-order valence-corrected chi connectivity index (χ0v) is 6.95. The van der Waals surface area contributed by atoms with Crippen LogP contribution >= 0.6 is 0 Å². The Kier molecular flexibility index (Phi) is 3.04. The molecule has 1 atom stereocenters. The van der Waals surface area contributed by atoms with Gasteiger partial charge in [-0.3, -0.25) is 10.1 Å². The van der Waals surface area contributed by atoms with Crippen molar-refractivity contribution in [1.29, 1.82) is 0 Å². The van der Waals surface area contributed by atoms with Crippen molar-refractivity contribution in [2.45, 2.75) is 18.9 Å². The highest BCUT2D eigenvalue weighted by atomic mass is 16.6. The minimum absolute atomic E-state index is 0.135. The average molecular weight is 172 g/mol. The molecule has 0 amide bonds. The highest BCUT2D eigenvalue weighted by Crippen LogP contribution is 2.14. The zero-order valence-electron chi connectivity index (χ0n) is 6.95. The lowest BCUT2D eigenvalue weighted by Crippen LogP contribution is -2.33. The van der Waals surface area contributed by atoms with Gasteiger partial charge < -0.3 is 10.1 Å². The molecule has 1 unspecified atom stereocenters. The molecule has 1 saturated heterocycles. The lowest BCUT2D eigenvalue weighted by molar-refractivity contribution is -0.404. The molecule has 12 heavy (non-hydrogen) atoms. The van der Waals surface area contributed by atoms with E-state index in [2.05, 4.69) is 5.32 Å². The number of hydrogen-bond donors (Lipinski definition) is 1. The summed E-state index contributed by atoms with van der Waals surface area (Å²) in [6, 6.07) is 0. The van der Waals surface area contributed by atoms with Gasteiger partial charge in [0.2, 0.25) is 0 Å². The SMILES string of the molecule is COC1CCCN/C1=C\[N+](=O)[O-]. The van der Waals surface area contributed by atoms with Gasteiger partial charge in [-0.1, -0.05) is 0 Å². The molecule has 0 spiro atoms. The maximum Gasteiger partial charge on any atom is 0.255 e. The molecule has 1 heterocycles. The summed E-state index contributed by atoms with van der Waals surface area (Å²) in [4.78, 5) is 9.70. The normalized spacial score (nSPS) is 26.8. The van der Waals surface area contributed by atoms with Crippen LogP contribution in [0.25, 0.3) is 0 Å². The first kappa shape index (κ1) is 8.99.